The quantitative estimate of drug-likeness (QED) is 0.651. The van der Waals surface area contributed by atoms with E-state index in [2.05, 4.69) is 31.2 Å². The van der Waals surface area contributed by atoms with Crippen molar-refractivity contribution < 1.29 is 0 Å². The highest BCUT2D eigenvalue weighted by Gasteiger charge is 2.09. The molecule has 0 spiro atoms. The third-order valence-electron chi connectivity index (χ3n) is 1.78. The molecule has 1 aliphatic rings. The second kappa shape index (κ2) is 2.87. The molecule has 0 radical (unpaired) electrons. The summed E-state index contributed by atoms with van der Waals surface area (Å²) < 4.78 is 0.693. The molecule has 0 aromatic carbocycles. The normalized spacial score (nSPS) is 16.1. The van der Waals surface area contributed by atoms with Gasteiger partial charge in [-0.05, 0) is 15.9 Å². The van der Waals surface area contributed by atoms with Crippen molar-refractivity contribution in [3.8, 4) is 0 Å². The Balaban J connectivity index is 2.43. The largest absolute Gasteiger partial charge is 0.312 e. The van der Waals surface area contributed by atoms with Crippen LogP contribution in [0.5, 0.6) is 0 Å². The van der Waals surface area contributed by atoms with Gasteiger partial charge >= 0.3 is 0 Å². The van der Waals surface area contributed by atoms with Gasteiger partial charge in [-0.1, -0.05) is 0 Å². The second-order valence-corrected chi connectivity index (χ2v) is 3.25. The lowest BCUT2D eigenvalue weighted by Crippen LogP contribution is -2.24. The first-order valence-electron chi connectivity index (χ1n) is 3.57. The second-order valence-electron chi connectivity index (χ2n) is 2.54. The van der Waals surface area contributed by atoms with Gasteiger partial charge in [-0.2, -0.15) is 0 Å². The summed E-state index contributed by atoms with van der Waals surface area (Å²) in [4.78, 5) is 8.34. The molecule has 0 amide bonds. The first-order valence-corrected chi connectivity index (χ1v) is 4.36. The minimum atomic E-state index is 0.693. The Morgan fingerprint density at radius 2 is 2.45 bits per heavy atom. The molecule has 4 heteroatoms. The van der Waals surface area contributed by atoms with Gasteiger partial charge in [0.25, 0.3) is 0 Å². The van der Waals surface area contributed by atoms with E-state index >= 15 is 0 Å². The Morgan fingerprint density at radius 1 is 1.55 bits per heavy atom. The van der Waals surface area contributed by atoms with Gasteiger partial charge < -0.3 is 5.32 Å². The highest BCUT2D eigenvalue weighted by Crippen LogP contribution is 2.12. The first-order chi connectivity index (χ1) is 5.36. The van der Waals surface area contributed by atoms with Crippen molar-refractivity contribution in [1.82, 2.24) is 15.3 Å². The smallest absolute Gasteiger partial charge is 0.196 e. The third-order valence-corrected chi connectivity index (χ3v) is 2.16. The summed E-state index contributed by atoms with van der Waals surface area (Å²) in [6.45, 7) is 1.93. The number of fused-ring (bicyclic) bond motifs is 1. The standard InChI is InChI=1S/C7H8BrN3/c8-7-10-4-5-3-9-2-1-6(5)11-7/h4,9H,1-3H2. The van der Waals surface area contributed by atoms with Gasteiger partial charge in [0.05, 0.1) is 5.69 Å². The van der Waals surface area contributed by atoms with E-state index in [0.29, 0.717) is 4.73 Å². The molecule has 1 N–H and O–H groups in total. The van der Waals surface area contributed by atoms with Gasteiger partial charge in [-0.15, -0.1) is 0 Å². The predicted octanol–water partition coefficient (Wildman–Crippen LogP) is 0.885. The van der Waals surface area contributed by atoms with E-state index in [4.69, 9.17) is 0 Å². The molecular weight excluding hydrogens is 206 g/mol. The SMILES string of the molecule is Brc1ncc2c(n1)CCNC2. The van der Waals surface area contributed by atoms with Crippen LogP contribution in [0.25, 0.3) is 0 Å². The molecule has 1 aromatic rings. The predicted molar refractivity (Wildman–Crippen MR) is 45.1 cm³/mol. The van der Waals surface area contributed by atoms with Crippen LogP contribution in [0.4, 0.5) is 0 Å². The minimum Gasteiger partial charge on any atom is -0.312 e. The van der Waals surface area contributed by atoms with Crippen LogP contribution >= 0.6 is 15.9 Å². The van der Waals surface area contributed by atoms with Crippen LogP contribution in [-0.2, 0) is 13.0 Å². The number of aromatic nitrogens is 2. The maximum absolute atomic E-state index is 4.28. The molecule has 2 rings (SSSR count). The number of nitrogens with zero attached hydrogens (tertiary/aromatic N) is 2. The lowest BCUT2D eigenvalue weighted by Gasteiger charge is -2.14. The molecular formula is C7H8BrN3. The van der Waals surface area contributed by atoms with E-state index in [-0.39, 0.29) is 0 Å². The third kappa shape index (κ3) is 1.41. The van der Waals surface area contributed by atoms with E-state index in [0.717, 1.165) is 19.5 Å². The van der Waals surface area contributed by atoms with Crippen molar-refractivity contribution in [3.63, 3.8) is 0 Å². The van der Waals surface area contributed by atoms with Gasteiger partial charge in [0.1, 0.15) is 0 Å². The van der Waals surface area contributed by atoms with Gasteiger partial charge in [-0.25, -0.2) is 9.97 Å². The summed E-state index contributed by atoms with van der Waals surface area (Å²) in [7, 11) is 0. The molecule has 0 bridgehead atoms. The molecule has 3 nitrogen and oxygen atoms in total. The molecule has 0 unspecified atom stereocenters. The van der Waals surface area contributed by atoms with Crippen molar-refractivity contribution in [1.29, 1.82) is 0 Å². The summed E-state index contributed by atoms with van der Waals surface area (Å²) >= 11 is 3.25. The molecule has 0 saturated heterocycles. The zero-order chi connectivity index (χ0) is 7.68. The maximum atomic E-state index is 4.28. The van der Waals surface area contributed by atoms with Gasteiger partial charge in [-0.3, -0.25) is 0 Å². The summed E-state index contributed by atoms with van der Waals surface area (Å²) in [6, 6.07) is 0. The first kappa shape index (κ1) is 7.18. The molecule has 0 atom stereocenters. The van der Waals surface area contributed by atoms with Gasteiger partial charge in [0.15, 0.2) is 4.73 Å². The fourth-order valence-electron chi connectivity index (χ4n) is 1.21. The number of hydrogen-bond donors (Lipinski definition) is 1. The topological polar surface area (TPSA) is 37.8 Å². The molecule has 0 saturated carbocycles. The van der Waals surface area contributed by atoms with E-state index < -0.39 is 0 Å². The molecule has 0 fully saturated rings. The van der Waals surface area contributed by atoms with E-state index in [1.165, 1.54) is 11.3 Å². The van der Waals surface area contributed by atoms with Crippen LogP contribution in [0, 0.1) is 0 Å². The molecule has 1 aromatic heterocycles. The average molecular weight is 214 g/mol. The molecule has 1 aliphatic heterocycles. The number of halogens is 1. The Morgan fingerprint density at radius 3 is 3.36 bits per heavy atom. The van der Waals surface area contributed by atoms with Gasteiger partial charge in [0.2, 0.25) is 0 Å². The Hall–Kier alpha value is -0.480. The van der Waals surface area contributed by atoms with Crippen molar-refractivity contribution in [2.24, 2.45) is 0 Å². The fourth-order valence-corrected chi connectivity index (χ4v) is 1.53. The van der Waals surface area contributed by atoms with Crippen molar-refractivity contribution in [2.75, 3.05) is 6.54 Å². The van der Waals surface area contributed by atoms with Crippen LogP contribution in [0.3, 0.4) is 0 Å². The lowest BCUT2D eigenvalue weighted by atomic mass is 10.1. The number of hydrogen-bond acceptors (Lipinski definition) is 3. The number of nitrogens with one attached hydrogen (secondary N) is 1. The lowest BCUT2D eigenvalue weighted by molar-refractivity contribution is 0.623. The van der Waals surface area contributed by atoms with Crippen LogP contribution in [0.1, 0.15) is 11.3 Å². The number of rotatable bonds is 0. The summed E-state index contributed by atoms with van der Waals surface area (Å²) in [6.07, 6.45) is 2.88. The van der Waals surface area contributed by atoms with Crippen LogP contribution in [0.2, 0.25) is 0 Å². The van der Waals surface area contributed by atoms with E-state index in [1.807, 2.05) is 6.20 Å². The van der Waals surface area contributed by atoms with Crippen molar-refractivity contribution in [3.05, 3.63) is 22.2 Å². The average Bonchev–Trinajstić information content (AvgIpc) is 2.04. The molecule has 58 valence electrons. The minimum absolute atomic E-state index is 0.693. The zero-order valence-electron chi connectivity index (χ0n) is 5.97. The van der Waals surface area contributed by atoms with Crippen LogP contribution < -0.4 is 5.32 Å². The highest BCUT2D eigenvalue weighted by atomic mass is 79.9. The highest BCUT2D eigenvalue weighted by molar-refractivity contribution is 9.10. The molecule has 11 heavy (non-hydrogen) atoms. The maximum Gasteiger partial charge on any atom is 0.196 e. The van der Waals surface area contributed by atoms with Gasteiger partial charge in [0, 0.05) is 31.3 Å². The zero-order valence-corrected chi connectivity index (χ0v) is 7.56. The molecule has 0 aliphatic carbocycles. The van der Waals surface area contributed by atoms with Crippen LogP contribution in [-0.4, -0.2) is 16.5 Å². The van der Waals surface area contributed by atoms with Crippen LogP contribution in [0.15, 0.2) is 10.9 Å². The Kier molecular flexibility index (Phi) is 1.87. The monoisotopic (exact) mass is 213 g/mol. The van der Waals surface area contributed by atoms with Crippen molar-refractivity contribution in [2.45, 2.75) is 13.0 Å². The Bertz CT molecular complexity index is 274. The van der Waals surface area contributed by atoms with Crippen molar-refractivity contribution >= 4 is 15.9 Å². The van der Waals surface area contributed by atoms with E-state index in [9.17, 15) is 0 Å². The van der Waals surface area contributed by atoms with E-state index in [1.54, 1.807) is 0 Å². The summed E-state index contributed by atoms with van der Waals surface area (Å²) in [5.74, 6) is 0. The summed E-state index contributed by atoms with van der Waals surface area (Å²) in [5.41, 5.74) is 2.39. The fraction of sp³-hybridized carbons (Fsp3) is 0.429. The summed E-state index contributed by atoms with van der Waals surface area (Å²) in [5, 5.41) is 3.27. The Labute approximate surface area is 73.4 Å². The molecule has 2 heterocycles.